The lowest BCUT2D eigenvalue weighted by atomic mass is 10.2. The van der Waals surface area contributed by atoms with Gasteiger partial charge in [-0.1, -0.05) is 12.1 Å². The molecule has 0 aliphatic rings. The number of aryl methyl sites for hydroxylation is 1. The molecular weight excluding hydrogens is 386 g/mol. The van der Waals surface area contributed by atoms with Crippen molar-refractivity contribution in [3.05, 3.63) is 75.9 Å². The van der Waals surface area contributed by atoms with E-state index in [1.54, 1.807) is 29.4 Å². The molecule has 1 aromatic carbocycles. The summed E-state index contributed by atoms with van der Waals surface area (Å²) in [5.74, 6) is 2.76. The number of hydrogen-bond donors (Lipinski definition) is 0. The van der Waals surface area contributed by atoms with Crippen molar-refractivity contribution >= 4 is 23.3 Å². The Labute approximate surface area is 175 Å². The first kappa shape index (κ1) is 20.7. The first-order valence-corrected chi connectivity index (χ1v) is 10.3. The van der Waals surface area contributed by atoms with E-state index in [4.69, 9.17) is 13.9 Å². The van der Waals surface area contributed by atoms with Gasteiger partial charge in [-0.3, -0.25) is 4.79 Å². The molecule has 2 heterocycles. The number of methoxy groups -OCH3 is 1. The van der Waals surface area contributed by atoms with Gasteiger partial charge in [-0.15, -0.1) is 11.3 Å². The number of benzene rings is 1. The Hall–Kier alpha value is -2.99. The molecule has 0 saturated heterocycles. The first-order chi connectivity index (χ1) is 14.1. The van der Waals surface area contributed by atoms with Crippen LogP contribution in [0.15, 0.2) is 58.3 Å². The van der Waals surface area contributed by atoms with Gasteiger partial charge in [0.2, 0.25) is 5.91 Å². The maximum Gasteiger partial charge on any atom is 0.246 e. The summed E-state index contributed by atoms with van der Waals surface area (Å²) in [6, 6.07) is 13.5. The van der Waals surface area contributed by atoms with E-state index in [-0.39, 0.29) is 5.91 Å². The number of ether oxygens (including phenoxy) is 2. The number of furan rings is 1. The Morgan fingerprint density at radius 2 is 2.07 bits per heavy atom. The van der Waals surface area contributed by atoms with E-state index >= 15 is 0 Å². The Morgan fingerprint density at radius 3 is 2.72 bits per heavy atom. The number of nitrogens with zero attached hydrogens (tertiary/aromatic N) is 1. The zero-order chi connectivity index (χ0) is 20.6. The molecule has 0 fully saturated rings. The average molecular weight is 412 g/mol. The molecule has 1 amide bonds. The van der Waals surface area contributed by atoms with Crippen molar-refractivity contribution in [1.29, 1.82) is 0 Å². The first-order valence-electron chi connectivity index (χ1n) is 9.44. The zero-order valence-electron chi connectivity index (χ0n) is 16.9. The summed E-state index contributed by atoms with van der Waals surface area (Å²) in [5.41, 5.74) is 0.975. The Bertz CT molecular complexity index is 959. The summed E-state index contributed by atoms with van der Waals surface area (Å²) in [6.45, 7) is 5.42. The number of hydrogen-bond acceptors (Lipinski definition) is 5. The van der Waals surface area contributed by atoms with E-state index in [0.717, 1.165) is 16.2 Å². The molecule has 0 unspecified atom stereocenters. The van der Waals surface area contributed by atoms with Crippen LogP contribution in [0.1, 0.15) is 28.9 Å². The standard InChI is InChI=1S/C23H25NO4S/c1-4-24(23(25)12-10-19-9-7-17(2)28-19)15-18-8-11-21(22(14-18)26-3)27-16-20-6-5-13-29-20/h5-14H,4,15-16H2,1-3H3/b12-10+. The SMILES string of the molecule is CCN(Cc1ccc(OCc2cccs2)c(OC)c1)C(=O)/C=C/c1ccc(C)o1. The molecule has 0 bridgehead atoms. The van der Waals surface area contributed by atoms with Crippen LogP contribution in [0.2, 0.25) is 0 Å². The topological polar surface area (TPSA) is 51.9 Å². The molecule has 0 aliphatic heterocycles. The lowest BCUT2D eigenvalue weighted by molar-refractivity contribution is -0.126. The lowest BCUT2D eigenvalue weighted by Crippen LogP contribution is -2.28. The van der Waals surface area contributed by atoms with Crippen LogP contribution in [-0.2, 0) is 17.9 Å². The zero-order valence-corrected chi connectivity index (χ0v) is 17.7. The van der Waals surface area contributed by atoms with Gasteiger partial charge in [-0.25, -0.2) is 0 Å². The second kappa shape index (κ2) is 9.98. The molecule has 0 atom stereocenters. The Kier molecular flexibility index (Phi) is 7.14. The quantitative estimate of drug-likeness (QED) is 0.449. The highest BCUT2D eigenvalue weighted by Crippen LogP contribution is 2.29. The molecule has 6 heteroatoms. The van der Waals surface area contributed by atoms with Crippen molar-refractivity contribution in [3.63, 3.8) is 0 Å². The fraction of sp³-hybridized carbons (Fsp3) is 0.261. The lowest BCUT2D eigenvalue weighted by Gasteiger charge is -2.20. The van der Waals surface area contributed by atoms with E-state index in [1.165, 1.54) is 6.08 Å². The smallest absolute Gasteiger partial charge is 0.246 e. The van der Waals surface area contributed by atoms with Crippen LogP contribution < -0.4 is 9.47 Å². The van der Waals surface area contributed by atoms with Crippen LogP contribution >= 0.6 is 11.3 Å². The van der Waals surface area contributed by atoms with Crippen LogP contribution in [0.4, 0.5) is 0 Å². The van der Waals surface area contributed by atoms with Crippen molar-refractivity contribution in [1.82, 2.24) is 4.90 Å². The van der Waals surface area contributed by atoms with Crippen LogP contribution in [0, 0.1) is 6.92 Å². The molecule has 0 saturated carbocycles. The average Bonchev–Trinajstić information content (AvgIpc) is 3.40. The minimum Gasteiger partial charge on any atom is -0.493 e. The molecule has 0 aliphatic carbocycles. The highest BCUT2D eigenvalue weighted by atomic mass is 32.1. The molecule has 0 radical (unpaired) electrons. The highest BCUT2D eigenvalue weighted by Gasteiger charge is 2.12. The Morgan fingerprint density at radius 1 is 1.21 bits per heavy atom. The number of carbonyl (C=O) groups excluding carboxylic acids is 1. The van der Waals surface area contributed by atoms with E-state index in [0.29, 0.717) is 37.0 Å². The Balaban J connectivity index is 1.65. The van der Waals surface area contributed by atoms with Crippen molar-refractivity contribution in [2.24, 2.45) is 0 Å². The second-order valence-electron chi connectivity index (χ2n) is 6.49. The summed E-state index contributed by atoms with van der Waals surface area (Å²) in [4.78, 5) is 15.5. The number of likely N-dealkylation sites (N-methyl/N-ethyl adjacent to an activating group) is 1. The summed E-state index contributed by atoms with van der Waals surface area (Å²) in [6.07, 6.45) is 3.23. The molecule has 0 N–H and O–H groups in total. The van der Waals surface area contributed by atoms with Crippen LogP contribution in [0.5, 0.6) is 11.5 Å². The largest absolute Gasteiger partial charge is 0.493 e. The maximum atomic E-state index is 12.6. The molecule has 29 heavy (non-hydrogen) atoms. The van der Waals surface area contributed by atoms with Gasteiger partial charge >= 0.3 is 0 Å². The van der Waals surface area contributed by atoms with Crippen LogP contribution in [-0.4, -0.2) is 24.5 Å². The number of thiophene rings is 1. The van der Waals surface area contributed by atoms with E-state index < -0.39 is 0 Å². The summed E-state index contributed by atoms with van der Waals surface area (Å²) in [5, 5.41) is 2.02. The third kappa shape index (κ3) is 5.74. The predicted molar refractivity (Wildman–Crippen MR) is 115 cm³/mol. The molecule has 2 aromatic heterocycles. The van der Waals surface area contributed by atoms with Gasteiger partial charge in [0.1, 0.15) is 18.1 Å². The van der Waals surface area contributed by atoms with Crippen molar-refractivity contribution in [2.75, 3.05) is 13.7 Å². The van der Waals surface area contributed by atoms with Crippen LogP contribution in [0.25, 0.3) is 6.08 Å². The van der Waals surface area contributed by atoms with Gasteiger partial charge in [0.05, 0.1) is 7.11 Å². The van der Waals surface area contributed by atoms with Gasteiger partial charge in [-0.2, -0.15) is 0 Å². The minimum absolute atomic E-state index is 0.0708. The van der Waals surface area contributed by atoms with Gasteiger partial charge in [-0.05, 0) is 61.2 Å². The molecule has 3 rings (SSSR count). The van der Waals surface area contributed by atoms with E-state index in [1.807, 2.05) is 61.7 Å². The van der Waals surface area contributed by atoms with Crippen molar-refractivity contribution in [3.8, 4) is 11.5 Å². The van der Waals surface area contributed by atoms with Crippen LogP contribution in [0.3, 0.4) is 0 Å². The third-order valence-electron chi connectivity index (χ3n) is 4.40. The fourth-order valence-electron chi connectivity index (χ4n) is 2.84. The monoisotopic (exact) mass is 411 g/mol. The van der Waals surface area contributed by atoms with Crippen molar-refractivity contribution < 1.29 is 18.7 Å². The summed E-state index contributed by atoms with van der Waals surface area (Å²) < 4.78 is 16.8. The predicted octanol–water partition coefficient (Wildman–Crippen LogP) is 5.30. The minimum atomic E-state index is -0.0708. The van der Waals surface area contributed by atoms with E-state index in [9.17, 15) is 4.79 Å². The van der Waals surface area contributed by atoms with Gasteiger partial charge in [0.25, 0.3) is 0 Å². The third-order valence-corrected chi connectivity index (χ3v) is 5.25. The highest BCUT2D eigenvalue weighted by molar-refractivity contribution is 7.09. The van der Waals surface area contributed by atoms with E-state index in [2.05, 4.69) is 0 Å². The normalized spacial score (nSPS) is 11.0. The molecule has 3 aromatic rings. The van der Waals surface area contributed by atoms with Gasteiger partial charge in [0.15, 0.2) is 11.5 Å². The van der Waals surface area contributed by atoms with Gasteiger partial charge < -0.3 is 18.8 Å². The number of rotatable bonds is 9. The fourth-order valence-corrected chi connectivity index (χ4v) is 3.46. The number of carbonyl (C=O) groups is 1. The number of amides is 1. The molecule has 0 spiro atoms. The molecule has 5 nitrogen and oxygen atoms in total. The summed E-state index contributed by atoms with van der Waals surface area (Å²) in [7, 11) is 1.62. The summed E-state index contributed by atoms with van der Waals surface area (Å²) >= 11 is 1.65. The molecular formula is C23H25NO4S. The van der Waals surface area contributed by atoms with Crippen molar-refractivity contribution in [2.45, 2.75) is 27.0 Å². The maximum absolute atomic E-state index is 12.6. The second-order valence-corrected chi connectivity index (χ2v) is 7.52. The molecule has 152 valence electrons. The van der Waals surface area contributed by atoms with Gasteiger partial charge in [0, 0.05) is 24.0 Å².